The van der Waals surface area contributed by atoms with Gasteiger partial charge in [-0.15, -0.1) is 6.58 Å². The number of hydrogen-bond donors (Lipinski definition) is 0. The van der Waals surface area contributed by atoms with Crippen molar-refractivity contribution in [2.75, 3.05) is 20.7 Å². The minimum atomic E-state index is -0.545. The van der Waals surface area contributed by atoms with Gasteiger partial charge in [0.15, 0.2) is 5.78 Å². The van der Waals surface area contributed by atoms with Crippen molar-refractivity contribution in [3.8, 4) is 0 Å². The van der Waals surface area contributed by atoms with E-state index >= 15 is 0 Å². The molecule has 1 amide bonds. The number of carbonyl (C=O) groups is 2. The molecule has 0 spiro atoms. The Kier molecular flexibility index (Phi) is 5.79. The standard InChI is InChI=1S/C10H17NO3/c1-5-6-14-8(2)9(12)7-10(13)11(3)4/h5,8H,1,6-7H2,2-4H3. The molecule has 1 atom stereocenters. The predicted molar refractivity (Wildman–Crippen MR) is 53.9 cm³/mol. The second kappa shape index (κ2) is 6.32. The highest BCUT2D eigenvalue weighted by atomic mass is 16.5. The molecule has 4 nitrogen and oxygen atoms in total. The summed E-state index contributed by atoms with van der Waals surface area (Å²) in [5.74, 6) is -0.408. The summed E-state index contributed by atoms with van der Waals surface area (Å²) in [6, 6.07) is 0. The van der Waals surface area contributed by atoms with Gasteiger partial charge in [0.2, 0.25) is 5.91 Å². The molecule has 0 fully saturated rings. The van der Waals surface area contributed by atoms with Crippen molar-refractivity contribution in [1.29, 1.82) is 0 Å². The van der Waals surface area contributed by atoms with Crippen molar-refractivity contribution in [2.45, 2.75) is 19.4 Å². The number of hydrogen-bond acceptors (Lipinski definition) is 3. The Morgan fingerprint density at radius 1 is 1.50 bits per heavy atom. The lowest BCUT2D eigenvalue weighted by molar-refractivity contribution is -0.137. The van der Waals surface area contributed by atoms with Crippen LogP contribution in [0.3, 0.4) is 0 Å². The average molecular weight is 199 g/mol. The molecule has 0 aromatic heterocycles. The van der Waals surface area contributed by atoms with Crippen LogP contribution in [-0.2, 0) is 14.3 Å². The normalized spacial score (nSPS) is 11.9. The van der Waals surface area contributed by atoms with E-state index in [1.165, 1.54) is 4.90 Å². The fourth-order valence-corrected chi connectivity index (χ4v) is 0.756. The monoisotopic (exact) mass is 199 g/mol. The van der Waals surface area contributed by atoms with E-state index in [9.17, 15) is 9.59 Å². The summed E-state index contributed by atoms with van der Waals surface area (Å²) in [6.45, 7) is 5.43. The SMILES string of the molecule is C=CCOC(C)C(=O)CC(=O)N(C)C. The molecule has 0 aliphatic heterocycles. The van der Waals surface area contributed by atoms with Crippen LogP contribution in [0.2, 0.25) is 0 Å². The van der Waals surface area contributed by atoms with Crippen LogP contribution in [0.25, 0.3) is 0 Å². The second-order valence-electron chi connectivity index (χ2n) is 3.20. The van der Waals surface area contributed by atoms with E-state index in [-0.39, 0.29) is 18.1 Å². The summed E-state index contributed by atoms with van der Waals surface area (Å²) in [5.41, 5.74) is 0. The Morgan fingerprint density at radius 2 is 2.07 bits per heavy atom. The lowest BCUT2D eigenvalue weighted by Gasteiger charge is -2.13. The van der Waals surface area contributed by atoms with Gasteiger partial charge in [0.25, 0.3) is 0 Å². The molecule has 0 saturated carbocycles. The highest BCUT2D eigenvalue weighted by Crippen LogP contribution is 1.99. The number of Topliss-reactive ketones (excluding diaryl/α,β-unsaturated/α-hetero) is 1. The number of nitrogens with zero attached hydrogens (tertiary/aromatic N) is 1. The molecule has 80 valence electrons. The third-order valence-electron chi connectivity index (χ3n) is 1.74. The first-order valence-corrected chi connectivity index (χ1v) is 4.44. The molecule has 0 aromatic carbocycles. The number of carbonyl (C=O) groups excluding carboxylic acids is 2. The Bertz CT molecular complexity index is 223. The summed E-state index contributed by atoms with van der Waals surface area (Å²) >= 11 is 0. The summed E-state index contributed by atoms with van der Waals surface area (Å²) in [6.07, 6.45) is 0.917. The molecule has 4 heteroatoms. The topological polar surface area (TPSA) is 46.6 Å². The lowest BCUT2D eigenvalue weighted by Crippen LogP contribution is -2.29. The van der Waals surface area contributed by atoms with Gasteiger partial charge in [-0.2, -0.15) is 0 Å². The zero-order valence-corrected chi connectivity index (χ0v) is 8.95. The van der Waals surface area contributed by atoms with Crippen LogP contribution in [-0.4, -0.2) is 43.4 Å². The lowest BCUT2D eigenvalue weighted by atomic mass is 10.2. The molecule has 14 heavy (non-hydrogen) atoms. The van der Waals surface area contributed by atoms with Crippen molar-refractivity contribution in [3.63, 3.8) is 0 Å². The Labute approximate surface area is 84.5 Å². The highest BCUT2D eigenvalue weighted by Gasteiger charge is 2.17. The van der Waals surface area contributed by atoms with Gasteiger partial charge in [0, 0.05) is 14.1 Å². The van der Waals surface area contributed by atoms with Crippen molar-refractivity contribution in [1.82, 2.24) is 4.90 Å². The maximum absolute atomic E-state index is 11.4. The molecule has 0 heterocycles. The maximum atomic E-state index is 11.4. The predicted octanol–water partition coefficient (Wildman–Crippen LogP) is 0.625. The Morgan fingerprint density at radius 3 is 2.50 bits per heavy atom. The summed E-state index contributed by atoms with van der Waals surface area (Å²) < 4.78 is 5.10. The minimum Gasteiger partial charge on any atom is -0.367 e. The van der Waals surface area contributed by atoms with E-state index in [4.69, 9.17) is 4.74 Å². The van der Waals surface area contributed by atoms with Gasteiger partial charge in [-0.25, -0.2) is 0 Å². The number of ether oxygens (including phenoxy) is 1. The molecule has 0 saturated heterocycles. The number of ketones is 1. The maximum Gasteiger partial charge on any atom is 0.229 e. The fourth-order valence-electron chi connectivity index (χ4n) is 0.756. The quantitative estimate of drug-likeness (QED) is 0.465. The van der Waals surface area contributed by atoms with Gasteiger partial charge in [0.05, 0.1) is 13.0 Å². The minimum absolute atomic E-state index is 0.106. The molecular weight excluding hydrogens is 182 g/mol. The zero-order valence-electron chi connectivity index (χ0n) is 8.95. The van der Waals surface area contributed by atoms with Crippen molar-refractivity contribution in [2.24, 2.45) is 0 Å². The molecule has 0 bridgehead atoms. The zero-order chi connectivity index (χ0) is 11.1. The summed E-state index contributed by atoms with van der Waals surface area (Å²) in [5, 5.41) is 0. The largest absolute Gasteiger partial charge is 0.367 e. The number of rotatable bonds is 6. The third kappa shape index (κ3) is 4.77. The third-order valence-corrected chi connectivity index (χ3v) is 1.74. The fraction of sp³-hybridized carbons (Fsp3) is 0.600. The first-order valence-electron chi connectivity index (χ1n) is 4.44. The van der Waals surface area contributed by atoms with E-state index in [1.807, 2.05) is 0 Å². The summed E-state index contributed by atoms with van der Waals surface area (Å²) in [4.78, 5) is 23.9. The van der Waals surface area contributed by atoms with Crippen LogP contribution in [0, 0.1) is 0 Å². The molecule has 0 radical (unpaired) electrons. The van der Waals surface area contributed by atoms with Gasteiger partial charge >= 0.3 is 0 Å². The molecule has 0 aromatic rings. The molecule has 0 rings (SSSR count). The van der Waals surface area contributed by atoms with E-state index in [2.05, 4.69) is 6.58 Å². The van der Waals surface area contributed by atoms with Crippen LogP contribution in [0.5, 0.6) is 0 Å². The van der Waals surface area contributed by atoms with Gasteiger partial charge < -0.3 is 9.64 Å². The van der Waals surface area contributed by atoms with E-state index < -0.39 is 6.10 Å². The average Bonchev–Trinajstić information content (AvgIpc) is 2.13. The Balaban J connectivity index is 3.94. The molecule has 0 aliphatic carbocycles. The van der Waals surface area contributed by atoms with Crippen LogP contribution < -0.4 is 0 Å². The molecule has 0 N–H and O–H groups in total. The van der Waals surface area contributed by atoms with E-state index in [0.717, 1.165) is 0 Å². The molecular formula is C10H17NO3. The molecule has 0 aliphatic rings. The van der Waals surface area contributed by atoms with Gasteiger partial charge in [-0.05, 0) is 6.92 Å². The van der Waals surface area contributed by atoms with Gasteiger partial charge in [0.1, 0.15) is 6.10 Å². The van der Waals surface area contributed by atoms with Crippen molar-refractivity contribution in [3.05, 3.63) is 12.7 Å². The first-order chi connectivity index (χ1) is 6.49. The summed E-state index contributed by atoms with van der Waals surface area (Å²) in [7, 11) is 3.23. The Hall–Kier alpha value is -1.16. The van der Waals surface area contributed by atoms with Crippen LogP contribution in [0.15, 0.2) is 12.7 Å². The van der Waals surface area contributed by atoms with Crippen LogP contribution in [0.4, 0.5) is 0 Å². The second-order valence-corrected chi connectivity index (χ2v) is 3.20. The van der Waals surface area contributed by atoms with E-state index in [0.29, 0.717) is 6.61 Å². The highest BCUT2D eigenvalue weighted by molar-refractivity contribution is 5.99. The van der Waals surface area contributed by atoms with Gasteiger partial charge in [-0.1, -0.05) is 6.08 Å². The molecule has 1 unspecified atom stereocenters. The van der Waals surface area contributed by atoms with Crippen LogP contribution >= 0.6 is 0 Å². The first kappa shape index (κ1) is 12.8. The number of amides is 1. The van der Waals surface area contributed by atoms with E-state index in [1.54, 1.807) is 27.1 Å². The van der Waals surface area contributed by atoms with Crippen LogP contribution in [0.1, 0.15) is 13.3 Å². The van der Waals surface area contributed by atoms with Gasteiger partial charge in [-0.3, -0.25) is 9.59 Å². The van der Waals surface area contributed by atoms with Crippen molar-refractivity contribution >= 4 is 11.7 Å². The smallest absolute Gasteiger partial charge is 0.229 e. The van der Waals surface area contributed by atoms with Crippen molar-refractivity contribution < 1.29 is 14.3 Å².